The van der Waals surface area contributed by atoms with Crippen molar-refractivity contribution >= 4 is 11.8 Å². The third-order valence-corrected chi connectivity index (χ3v) is 3.81. The molecule has 1 atom stereocenters. The molecule has 0 N–H and O–H groups in total. The molecule has 1 aromatic heterocycles. The third-order valence-electron chi connectivity index (χ3n) is 3.81. The van der Waals surface area contributed by atoms with Crippen LogP contribution in [0.2, 0.25) is 0 Å². The second kappa shape index (κ2) is 6.27. The van der Waals surface area contributed by atoms with Crippen molar-refractivity contribution in [3.63, 3.8) is 0 Å². The number of alkyl halides is 3. The highest BCUT2D eigenvalue weighted by Gasteiger charge is 2.62. The average molecular weight is 351 g/mol. The van der Waals surface area contributed by atoms with Gasteiger partial charge in [-0.1, -0.05) is 18.2 Å². The van der Waals surface area contributed by atoms with Gasteiger partial charge in [0.2, 0.25) is 12.0 Å². The Balaban J connectivity index is 2.07. The fourth-order valence-corrected chi connectivity index (χ4v) is 2.53. The molecular formula is C16H12F3N3O3. The van der Waals surface area contributed by atoms with Gasteiger partial charge in [0.25, 0.3) is 0 Å². The number of hydrogen-bond donors (Lipinski definition) is 0. The molecule has 6 nitrogen and oxygen atoms in total. The zero-order valence-electron chi connectivity index (χ0n) is 13.0. The Hall–Kier alpha value is -2.77. The highest BCUT2D eigenvalue weighted by atomic mass is 19.4. The molecule has 1 fully saturated rings. The van der Waals surface area contributed by atoms with E-state index >= 15 is 0 Å². The molecule has 2 heterocycles. The molecule has 25 heavy (non-hydrogen) atoms. The van der Waals surface area contributed by atoms with Crippen LogP contribution >= 0.6 is 0 Å². The molecule has 130 valence electrons. The summed E-state index contributed by atoms with van der Waals surface area (Å²) in [5.41, 5.74) is -2.61. The molecule has 0 saturated carbocycles. The van der Waals surface area contributed by atoms with Crippen molar-refractivity contribution in [3.8, 4) is 11.6 Å². The first-order valence-corrected chi connectivity index (χ1v) is 7.27. The Labute approximate surface area is 140 Å². The SMILES string of the molecule is Cc1ncc(N=C=O)c(Oc2ccccc2C2(C(F)(F)F)CCO2)n1. The third kappa shape index (κ3) is 2.99. The summed E-state index contributed by atoms with van der Waals surface area (Å²) in [5.74, 6) is 0.0858. The van der Waals surface area contributed by atoms with Crippen LogP contribution in [-0.2, 0) is 15.1 Å². The summed E-state index contributed by atoms with van der Waals surface area (Å²) >= 11 is 0. The molecule has 1 aliphatic rings. The van der Waals surface area contributed by atoms with E-state index in [1.165, 1.54) is 36.5 Å². The number of aliphatic imine (C=N–C) groups is 1. The first-order chi connectivity index (χ1) is 11.9. The van der Waals surface area contributed by atoms with Gasteiger partial charge in [0.05, 0.1) is 12.8 Å². The molecule has 0 bridgehead atoms. The number of ether oxygens (including phenoxy) is 2. The van der Waals surface area contributed by atoms with Gasteiger partial charge in [0.1, 0.15) is 11.6 Å². The van der Waals surface area contributed by atoms with Gasteiger partial charge in [-0.05, 0) is 13.0 Å². The lowest BCUT2D eigenvalue weighted by Crippen LogP contribution is -2.52. The summed E-state index contributed by atoms with van der Waals surface area (Å²) < 4.78 is 51.1. The highest BCUT2D eigenvalue weighted by Crippen LogP contribution is 2.53. The number of rotatable bonds is 4. The van der Waals surface area contributed by atoms with Gasteiger partial charge in [-0.2, -0.15) is 23.1 Å². The molecular weight excluding hydrogens is 339 g/mol. The van der Waals surface area contributed by atoms with Crippen LogP contribution in [0.1, 0.15) is 17.8 Å². The van der Waals surface area contributed by atoms with Gasteiger partial charge in [0, 0.05) is 12.0 Å². The second-order valence-electron chi connectivity index (χ2n) is 5.33. The van der Waals surface area contributed by atoms with E-state index in [1.54, 1.807) is 6.92 Å². The van der Waals surface area contributed by atoms with Crippen LogP contribution in [-0.4, -0.2) is 28.8 Å². The molecule has 1 saturated heterocycles. The van der Waals surface area contributed by atoms with Gasteiger partial charge >= 0.3 is 6.18 Å². The average Bonchev–Trinajstić information content (AvgIpc) is 2.49. The standard InChI is InChI=1S/C16H12F3N3O3/c1-10-20-8-12(21-9-23)14(22-10)25-13-5-3-2-4-11(13)15(6-7-24-15)16(17,18)19/h2-5,8H,6-7H2,1H3. The van der Waals surface area contributed by atoms with Crippen LogP contribution in [0.3, 0.4) is 0 Å². The quantitative estimate of drug-likeness (QED) is 0.620. The van der Waals surface area contributed by atoms with Crippen molar-refractivity contribution in [2.24, 2.45) is 4.99 Å². The maximum atomic E-state index is 13.5. The largest absolute Gasteiger partial charge is 0.437 e. The summed E-state index contributed by atoms with van der Waals surface area (Å²) in [7, 11) is 0. The molecule has 0 spiro atoms. The lowest BCUT2D eigenvalue weighted by atomic mass is 9.85. The number of aromatic nitrogens is 2. The first-order valence-electron chi connectivity index (χ1n) is 7.27. The number of benzene rings is 1. The fourth-order valence-electron chi connectivity index (χ4n) is 2.53. The van der Waals surface area contributed by atoms with E-state index in [9.17, 15) is 18.0 Å². The Kier molecular flexibility index (Phi) is 4.28. The number of halogens is 3. The lowest BCUT2D eigenvalue weighted by molar-refractivity contribution is -0.333. The molecule has 9 heteroatoms. The number of para-hydroxylation sites is 1. The maximum absolute atomic E-state index is 13.5. The topological polar surface area (TPSA) is 73.7 Å². The molecule has 1 aliphatic heterocycles. The van der Waals surface area contributed by atoms with E-state index in [2.05, 4.69) is 15.0 Å². The highest BCUT2D eigenvalue weighted by molar-refractivity contribution is 5.55. The number of aryl methyl sites for hydroxylation is 1. The molecule has 0 amide bonds. The predicted octanol–water partition coefficient (Wildman–Crippen LogP) is 3.72. The minimum absolute atomic E-state index is 0.00114. The van der Waals surface area contributed by atoms with Crippen LogP contribution in [0.15, 0.2) is 35.5 Å². The minimum Gasteiger partial charge on any atom is -0.437 e. The van der Waals surface area contributed by atoms with Gasteiger partial charge in [-0.15, -0.1) is 0 Å². The normalized spacial score (nSPS) is 19.7. The van der Waals surface area contributed by atoms with Crippen LogP contribution in [0.5, 0.6) is 11.6 Å². The second-order valence-corrected chi connectivity index (χ2v) is 5.33. The van der Waals surface area contributed by atoms with Crippen molar-refractivity contribution in [3.05, 3.63) is 41.9 Å². The first kappa shape index (κ1) is 17.1. The molecule has 1 unspecified atom stereocenters. The summed E-state index contributed by atoms with van der Waals surface area (Å²) in [6.45, 7) is 1.57. The van der Waals surface area contributed by atoms with Crippen molar-refractivity contribution < 1.29 is 27.4 Å². The van der Waals surface area contributed by atoms with Crippen LogP contribution < -0.4 is 4.74 Å². The van der Waals surface area contributed by atoms with Crippen molar-refractivity contribution in [2.75, 3.05) is 6.61 Å². The Morgan fingerprint density at radius 1 is 1.36 bits per heavy atom. The van der Waals surface area contributed by atoms with Gasteiger partial charge in [-0.3, -0.25) is 0 Å². The zero-order valence-corrected chi connectivity index (χ0v) is 13.0. The smallest absolute Gasteiger partial charge is 0.421 e. The summed E-state index contributed by atoms with van der Waals surface area (Å²) in [4.78, 5) is 21.8. The Bertz CT molecular complexity index is 844. The number of nitrogens with zero attached hydrogens (tertiary/aromatic N) is 3. The van der Waals surface area contributed by atoms with Gasteiger partial charge in [-0.25, -0.2) is 9.78 Å². The van der Waals surface area contributed by atoms with Crippen molar-refractivity contribution in [1.82, 2.24) is 9.97 Å². The van der Waals surface area contributed by atoms with Crippen LogP contribution in [0.4, 0.5) is 18.9 Å². The van der Waals surface area contributed by atoms with E-state index in [0.29, 0.717) is 5.82 Å². The number of isocyanates is 1. The lowest BCUT2D eigenvalue weighted by Gasteiger charge is -2.43. The van der Waals surface area contributed by atoms with E-state index in [-0.39, 0.29) is 35.9 Å². The van der Waals surface area contributed by atoms with Gasteiger partial charge < -0.3 is 9.47 Å². The monoisotopic (exact) mass is 351 g/mol. The molecule has 3 rings (SSSR count). The van der Waals surface area contributed by atoms with Crippen LogP contribution in [0, 0.1) is 6.92 Å². The fraction of sp³-hybridized carbons (Fsp3) is 0.312. The zero-order chi connectivity index (χ0) is 18.1. The van der Waals surface area contributed by atoms with Crippen molar-refractivity contribution in [2.45, 2.75) is 25.1 Å². The maximum Gasteiger partial charge on any atom is 0.421 e. The predicted molar refractivity (Wildman–Crippen MR) is 79.4 cm³/mol. The Morgan fingerprint density at radius 3 is 2.68 bits per heavy atom. The summed E-state index contributed by atoms with van der Waals surface area (Å²) in [5, 5.41) is 0. The van der Waals surface area contributed by atoms with E-state index in [1.807, 2.05) is 0 Å². The molecule has 0 radical (unpaired) electrons. The number of carbonyl (C=O) groups excluding carboxylic acids is 1. The van der Waals surface area contributed by atoms with E-state index in [0.717, 1.165) is 0 Å². The number of hydrogen-bond acceptors (Lipinski definition) is 6. The summed E-state index contributed by atoms with van der Waals surface area (Å²) in [6, 6.07) is 5.65. The van der Waals surface area contributed by atoms with Crippen LogP contribution in [0.25, 0.3) is 0 Å². The summed E-state index contributed by atoms with van der Waals surface area (Å²) in [6.07, 6.45) is -2.25. The van der Waals surface area contributed by atoms with E-state index in [4.69, 9.17) is 9.47 Å². The Morgan fingerprint density at radius 2 is 2.08 bits per heavy atom. The van der Waals surface area contributed by atoms with Gasteiger partial charge in [0.15, 0.2) is 11.3 Å². The molecule has 1 aromatic carbocycles. The minimum atomic E-state index is -4.60. The van der Waals surface area contributed by atoms with Crippen molar-refractivity contribution in [1.29, 1.82) is 0 Å². The van der Waals surface area contributed by atoms with E-state index < -0.39 is 11.8 Å². The molecule has 2 aromatic rings. The molecule has 0 aliphatic carbocycles.